The van der Waals surface area contributed by atoms with Crippen LogP contribution in [0.1, 0.15) is 30.9 Å². The highest BCUT2D eigenvalue weighted by Crippen LogP contribution is 2.25. The van der Waals surface area contributed by atoms with Gasteiger partial charge >= 0.3 is 0 Å². The molecule has 2 heterocycles. The lowest BCUT2D eigenvalue weighted by Gasteiger charge is -2.29. The van der Waals surface area contributed by atoms with Crippen LogP contribution < -0.4 is 4.74 Å². The van der Waals surface area contributed by atoms with Crippen LogP contribution in [-0.4, -0.2) is 67.0 Å². The summed E-state index contributed by atoms with van der Waals surface area (Å²) in [7, 11) is 1.74. The van der Waals surface area contributed by atoms with E-state index >= 15 is 0 Å². The maximum absolute atomic E-state index is 10.1. The summed E-state index contributed by atoms with van der Waals surface area (Å²) in [6.07, 6.45) is 2.21. The van der Waals surface area contributed by atoms with Crippen molar-refractivity contribution < 1.29 is 14.6 Å². The normalized spacial score (nSPS) is 24.8. The molecule has 24 heavy (non-hydrogen) atoms. The summed E-state index contributed by atoms with van der Waals surface area (Å²) in [5.74, 6) is 0.970. The Morgan fingerprint density at radius 3 is 2.71 bits per heavy atom. The molecular weight excluding hydrogens is 304 g/mol. The quantitative estimate of drug-likeness (QED) is 0.825. The Morgan fingerprint density at radius 1 is 1.29 bits per heavy atom. The van der Waals surface area contributed by atoms with E-state index in [1.165, 1.54) is 37.1 Å². The monoisotopic (exact) mass is 334 g/mol. The van der Waals surface area contributed by atoms with Gasteiger partial charge in [0.2, 0.25) is 0 Å². The third-order valence-corrected chi connectivity index (χ3v) is 5.22. The predicted molar refractivity (Wildman–Crippen MR) is 94.2 cm³/mol. The van der Waals surface area contributed by atoms with Crippen molar-refractivity contribution in [3.05, 3.63) is 29.3 Å². The summed E-state index contributed by atoms with van der Waals surface area (Å²) in [5.41, 5.74) is 2.53. The molecule has 5 heteroatoms. The van der Waals surface area contributed by atoms with Crippen molar-refractivity contribution in [2.75, 3.05) is 40.0 Å². The lowest BCUT2D eigenvalue weighted by atomic mass is 10.1. The van der Waals surface area contributed by atoms with Gasteiger partial charge in [-0.25, -0.2) is 0 Å². The molecule has 5 nitrogen and oxygen atoms in total. The van der Waals surface area contributed by atoms with Crippen LogP contribution in [0.15, 0.2) is 18.2 Å². The lowest BCUT2D eigenvalue weighted by Crippen LogP contribution is -2.42. The van der Waals surface area contributed by atoms with Crippen LogP contribution >= 0.6 is 0 Å². The first-order valence-electron chi connectivity index (χ1n) is 9.09. The second-order valence-electron chi connectivity index (χ2n) is 6.86. The first-order chi connectivity index (χ1) is 11.7. The summed E-state index contributed by atoms with van der Waals surface area (Å²) < 4.78 is 11.0. The number of aliphatic hydroxyl groups is 1. The zero-order valence-corrected chi connectivity index (χ0v) is 14.9. The molecule has 0 saturated carbocycles. The maximum Gasteiger partial charge on any atom is 0.123 e. The summed E-state index contributed by atoms with van der Waals surface area (Å²) in [6.45, 7) is 8.26. The SMILES string of the molecule is CCN(Cc1ccc(OC)c(CN2CCCC2)c1)[C@@H]1COC[C@H]1O. The number of aliphatic hydroxyl groups excluding tert-OH is 1. The van der Waals surface area contributed by atoms with Crippen molar-refractivity contribution in [2.45, 2.75) is 45.0 Å². The van der Waals surface area contributed by atoms with Crippen molar-refractivity contribution in [3.63, 3.8) is 0 Å². The van der Waals surface area contributed by atoms with E-state index in [1.54, 1.807) is 7.11 Å². The summed E-state index contributed by atoms with van der Waals surface area (Å²) in [4.78, 5) is 4.80. The fourth-order valence-electron chi connectivity index (χ4n) is 3.81. The van der Waals surface area contributed by atoms with Crippen LogP contribution in [0.3, 0.4) is 0 Å². The molecule has 1 aromatic rings. The smallest absolute Gasteiger partial charge is 0.123 e. The molecule has 1 N–H and O–H groups in total. The van der Waals surface area contributed by atoms with Crippen molar-refractivity contribution in [3.8, 4) is 5.75 Å². The number of likely N-dealkylation sites (N-methyl/N-ethyl adjacent to an activating group) is 1. The van der Waals surface area contributed by atoms with E-state index in [1.807, 2.05) is 0 Å². The van der Waals surface area contributed by atoms with Crippen molar-refractivity contribution in [1.29, 1.82) is 0 Å². The Morgan fingerprint density at radius 2 is 2.08 bits per heavy atom. The summed E-state index contributed by atoms with van der Waals surface area (Å²) >= 11 is 0. The van der Waals surface area contributed by atoms with Gasteiger partial charge < -0.3 is 14.6 Å². The van der Waals surface area contributed by atoms with Gasteiger partial charge in [-0.1, -0.05) is 13.0 Å². The van der Waals surface area contributed by atoms with Crippen LogP contribution in [0.2, 0.25) is 0 Å². The largest absolute Gasteiger partial charge is 0.496 e. The highest BCUT2D eigenvalue weighted by atomic mass is 16.5. The van der Waals surface area contributed by atoms with Gasteiger partial charge in [0, 0.05) is 18.7 Å². The van der Waals surface area contributed by atoms with Crippen LogP contribution in [0.4, 0.5) is 0 Å². The topological polar surface area (TPSA) is 45.2 Å². The Bertz CT molecular complexity index is 531. The molecule has 2 atom stereocenters. The molecule has 2 fully saturated rings. The molecule has 0 spiro atoms. The Kier molecular flexibility index (Phi) is 6.11. The molecule has 0 bridgehead atoms. The third kappa shape index (κ3) is 4.09. The van der Waals surface area contributed by atoms with Gasteiger partial charge in [0.1, 0.15) is 5.75 Å². The molecule has 0 aliphatic carbocycles. The Balaban J connectivity index is 1.72. The van der Waals surface area contributed by atoms with Crippen molar-refractivity contribution >= 4 is 0 Å². The lowest BCUT2D eigenvalue weighted by molar-refractivity contribution is 0.0808. The third-order valence-electron chi connectivity index (χ3n) is 5.22. The Labute approximate surface area is 145 Å². The fraction of sp³-hybridized carbons (Fsp3) is 0.684. The number of ether oxygens (including phenoxy) is 2. The number of rotatable bonds is 7. The number of likely N-dealkylation sites (tertiary alicyclic amines) is 1. The second kappa shape index (κ2) is 8.30. The minimum Gasteiger partial charge on any atom is -0.496 e. The highest BCUT2D eigenvalue weighted by Gasteiger charge is 2.31. The van der Waals surface area contributed by atoms with Gasteiger partial charge in [-0.3, -0.25) is 9.80 Å². The van der Waals surface area contributed by atoms with Crippen LogP contribution in [0.25, 0.3) is 0 Å². The number of benzene rings is 1. The van der Waals surface area contributed by atoms with Gasteiger partial charge in [-0.05, 0) is 50.2 Å². The van der Waals surface area contributed by atoms with E-state index in [9.17, 15) is 5.11 Å². The molecule has 0 radical (unpaired) electrons. The van der Waals surface area contributed by atoms with Crippen LogP contribution in [0, 0.1) is 0 Å². The number of methoxy groups -OCH3 is 1. The van der Waals surface area contributed by atoms with Gasteiger partial charge in [0.15, 0.2) is 0 Å². The first kappa shape index (κ1) is 17.7. The molecule has 0 aromatic heterocycles. The van der Waals surface area contributed by atoms with Gasteiger partial charge in [0.25, 0.3) is 0 Å². The second-order valence-corrected chi connectivity index (χ2v) is 6.86. The first-order valence-corrected chi connectivity index (χ1v) is 9.09. The van der Waals surface area contributed by atoms with E-state index in [0.717, 1.165) is 25.4 Å². The minimum absolute atomic E-state index is 0.0964. The maximum atomic E-state index is 10.1. The molecule has 2 aliphatic heterocycles. The molecule has 3 rings (SSSR count). The molecule has 1 aromatic carbocycles. The Hall–Kier alpha value is -1.14. The van der Waals surface area contributed by atoms with E-state index < -0.39 is 0 Å². The van der Waals surface area contributed by atoms with Crippen LogP contribution in [0.5, 0.6) is 5.75 Å². The molecule has 2 saturated heterocycles. The summed E-state index contributed by atoms with van der Waals surface area (Å²) in [5, 5.41) is 10.1. The highest BCUT2D eigenvalue weighted by molar-refractivity contribution is 5.37. The predicted octanol–water partition coefficient (Wildman–Crippen LogP) is 1.87. The molecular formula is C19H30N2O3. The number of hydrogen-bond acceptors (Lipinski definition) is 5. The zero-order valence-electron chi connectivity index (χ0n) is 14.9. The number of hydrogen-bond donors (Lipinski definition) is 1. The van der Waals surface area contributed by atoms with E-state index in [4.69, 9.17) is 9.47 Å². The molecule has 2 aliphatic rings. The van der Waals surface area contributed by atoms with Gasteiger partial charge in [-0.2, -0.15) is 0 Å². The average molecular weight is 334 g/mol. The van der Waals surface area contributed by atoms with Crippen molar-refractivity contribution in [1.82, 2.24) is 9.80 Å². The van der Waals surface area contributed by atoms with E-state index in [2.05, 4.69) is 34.9 Å². The van der Waals surface area contributed by atoms with Gasteiger partial charge in [-0.15, -0.1) is 0 Å². The van der Waals surface area contributed by atoms with E-state index in [-0.39, 0.29) is 12.1 Å². The average Bonchev–Trinajstić information content (AvgIpc) is 3.25. The molecule has 0 unspecified atom stereocenters. The fourth-order valence-corrected chi connectivity index (χ4v) is 3.81. The molecule has 0 amide bonds. The minimum atomic E-state index is -0.382. The van der Waals surface area contributed by atoms with E-state index in [0.29, 0.717) is 13.2 Å². The molecule has 134 valence electrons. The standard InChI is InChI=1S/C19H30N2O3/c1-3-21(17-13-24-14-18(17)22)11-15-6-7-19(23-2)16(10-15)12-20-8-4-5-9-20/h6-7,10,17-18,22H,3-5,8-9,11-14H2,1-2H3/t17-,18-/m1/s1. The summed E-state index contributed by atoms with van der Waals surface area (Å²) in [6, 6.07) is 6.58. The zero-order chi connectivity index (χ0) is 16.9. The van der Waals surface area contributed by atoms with Gasteiger partial charge in [0.05, 0.1) is 32.5 Å². The van der Waals surface area contributed by atoms with Crippen molar-refractivity contribution in [2.24, 2.45) is 0 Å². The number of nitrogens with zero attached hydrogens (tertiary/aromatic N) is 2. The van der Waals surface area contributed by atoms with Crippen LogP contribution in [-0.2, 0) is 17.8 Å².